The zero-order valence-electron chi connectivity index (χ0n) is 13.5. The number of hydrogen-bond acceptors (Lipinski definition) is 4. The molecule has 0 aliphatic carbocycles. The first-order chi connectivity index (χ1) is 11.6. The van der Waals surface area contributed by atoms with Gasteiger partial charge in [-0.25, -0.2) is 15.4 Å². The van der Waals surface area contributed by atoms with Gasteiger partial charge in [0.1, 0.15) is 0 Å². The number of aryl methyl sites for hydroxylation is 1. The van der Waals surface area contributed by atoms with Crippen LogP contribution in [0.25, 0.3) is 11.3 Å². The van der Waals surface area contributed by atoms with Gasteiger partial charge in [0.25, 0.3) is 0 Å². The van der Waals surface area contributed by atoms with Crippen molar-refractivity contribution in [2.45, 2.75) is 13.8 Å². The number of benzene rings is 2. The van der Waals surface area contributed by atoms with Gasteiger partial charge < -0.3 is 0 Å². The molecule has 0 unspecified atom stereocenters. The predicted molar refractivity (Wildman–Crippen MR) is 102 cm³/mol. The van der Waals surface area contributed by atoms with Crippen LogP contribution in [0.5, 0.6) is 0 Å². The molecule has 0 radical (unpaired) electrons. The third kappa shape index (κ3) is 4.06. The Morgan fingerprint density at radius 2 is 1.71 bits per heavy atom. The molecule has 0 saturated carbocycles. The zero-order chi connectivity index (χ0) is 16.9. The molecule has 0 aliphatic heterocycles. The third-order valence-corrected chi connectivity index (χ3v) is 4.04. The van der Waals surface area contributed by atoms with E-state index in [1.807, 2.05) is 74.5 Å². The molecule has 0 spiro atoms. The normalized spacial score (nSPS) is 11.4. The number of halogens is 1. The van der Waals surface area contributed by atoms with Gasteiger partial charge in [0, 0.05) is 15.7 Å². The maximum atomic E-state index is 4.55. The Balaban J connectivity index is 1.84. The molecular formula is C19H17BrN4. The van der Waals surface area contributed by atoms with Crippen LogP contribution in [0.3, 0.4) is 0 Å². The lowest BCUT2D eigenvalue weighted by atomic mass is 10.1. The van der Waals surface area contributed by atoms with Gasteiger partial charge in [0.2, 0.25) is 5.95 Å². The van der Waals surface area contributed by atoms with Crippen molar-refractivity contribution in [2.75, 3.05) is 5.43 Å². The van der Waals surface area contributed by atoms with Gasteiger partial charge in [0.05, 0.1) is 11.4 Å². The van der Waals surface area contributed by atoms with Crippen molar-refractivity contribution in [3.05, 3.63) is 76.4 Å². The molecule has 2 aromatic carbocycles. The molecule has 1 aromatic heterocycles. The average Bonchev–Trinajstić information content (AvgIpc) is 2.60. The van der Waals surface area contributed by atoms with E-state index in [9.17, 15) is 0 Å². The highest BCUT2D eigenvalue weighted by atomic mass is 79.9. The molecule has 3 aromatic rings. The summed E-state index contributed by atoms with van der Waals surface area (Å²) in [6, 6.07) is 20.0. The standard InChI is InChI=1S/C19H17BrN4/c1-13-12-18(16-6-4-3-5-7-16)22-19(21-13)24-23-14(2)15-8-10-17(20)11-9-15/h3-12H,1-2H3,(H,21,22,24)/b23-14+. The van der Waals surface area contributed by atoms with Crippen LogP contribution < -0.4 is 5.43 Å². The fourth-order valence-electron chi connectivity index (χ4n) is 2.26. The summed E-state index contributed by atoms with van der Waals surface area (Å²) in [5.74, 6) is 0.491. The summed E-state index contributed by atoms with van der Waals surface area (Å²) in [7, 11) is 0. The fourth-order valence-corrected chi connectivity index (χ4v) is 2.53. The Bertz CT molecular complexity index is 858. The Kier molecular flexibility index (Phi) is 5.01. The average molecular weight is 381 g/mol. The van der Waals surface area contributed by atoms with Crippen molar-refractivity contribution in [1.29, 1.82) is 0 Å². The monoisotopic (exact) mass is 380 g/mol. The lowest BCUT2D eigenvalue weighted by molar-refractivity contribution is 1.07. The van der Waals surface area contributed by atoms with Crippen LogP contribution in [0.2, 0.25) is 0 Å². The molecule has 3 rings (SSSR count). The second kappa shape index (κ2) is 7.36. The number of rotatable bonds is 4. The van der Waals surface area contributed by atoms with E-state index < -0.39 is 0 Å². The minimum atomic E-state index is 0.491. The van der Waals surface area contributed by atoms with Gasteiger partial charge >= 0.3 is 0 Å². The maximum Gasteiger partial charge on any atom is 0.244 e. The summed E-state index contributed by atoms with van der Waals surface area (Å²) in [5, 5.41) is 4.40. The second-order valence-electron chi connectivity index (χ2n) is 5.40. The fraction of sp³-hybridized carbons (Fsp3) is 0.105. The van der Waals surface area contributed by atoms with E-state index in [1.54, 1.807) is 0 Å². The molecule has 0 aliphatic rings. The van der Waals surface area contributed by atoms with Crippen LogP contribution in [0.15, 0.2) is 70.2 Å². The quantitative estimate of drug-likeness (QED) is 0.508. The van der Waals surface area contributed by atoms with E-state index in [0.29, 0.717) is 5.95 Å². The van der Waals surface area contributed by atoms with E-state index in [0.717, 1.165) is 32.7 Å². The van der Waals surface area contributed by atoms with Gasteiger partial charge in [-0.15, -0.1) is 0 Å². The largest absolute Gasteiger partial charge is 0.245 e. The number of hydrazone groups is 1. The summed E-state index contributed by atoms with van der Waals surface area (Å²) in [4.78, 5) is 8.95. The molecule has 4 nitrogen and oxygen atoms in total. The third-order valence-electron chi connectivity index (χ3n) is 3.51. The highest BCUT2D eigenvalue weighted by Crippen LogP contribution is 2.19. The molecule has 24 heavy (non-hydrogen) atoms. The molecule has 1 N–H and O–H groups in total. The van der Waals surface area contributed by atoms with E-state index >= 15 is 0 Å². The van der Waals surface area contributed by atoms with Crippen LogP contribution in [0.4, 0.5) is 5.95 Å². The number of aromatic nitrogens is 2. The molecule has 120 valence electrons. The van der Waals surface area contributed by atoms with Crippen LogP contribution in [0, 0.1) is 6.92 Å². The van der Waals surface area contributed by atoms with Gasteiger partial charge in [-0.2, -0.15) is 5.10 Å². The minimum Gasteiger partial charge on any atom is -0.245 e. The zero-order valence-corrected chi connectivity index (χ0v) is 15.1. The Morgan fingerprint density at radius 3 is 2.42 bits per heavy atom. The number of nitrogens with zero attached hydrogens (tertiary/aromatic N) is 3. The van der Waals surface area contributed by atoms with Crippen molar-refractivity contribution in [1.82, 2.24) is 9.97 Å². The van der Waals surface area contributed by atoms with Crippen LogP contribution in [-0.4, -0.2) is 15.7 Å². The molecule has 0 bridgehead atoms. The molecule has 0 saturated heterocycles. The summed E-state index contributed by atoms with van der Waals surface area (Å²) in [6.45, 7) is 3.90. The van der Waals surface area contributed by atoms with Crippen LogP contribution in [0.1, 0.15) is 18.2 Å². The van der Waals surface area contributed by atoms with Gasteiger partial charge in [-0.3, -0.25) is 0 Å². The minimum absolute atomic E-state index is 0.491. The Labute approximate surface area is 149 Å². The molecule has 0 atom stereocenters. The van der Waals surface area contributed by atoms with Gasteiger partial charge in [0.15, 0.2) is 0 Å². The van der Waals surface area contributed by atoms with Crippen molar-refractivity contribution < 1.29 is 0 Å². The molecule has 5 heteroatoms. The molecule has 0 fully saturated rings. The Morgan fingerprint density at radius 1 is 1.00 bits per heavy atom. The highest BCUT2D eigenvalue weighted by Gasteiger charge is 2.04. The summed E-state index contributed by atoms with van der Waals surface area (Å²) in [6.07, 6.45) is 0. The Hall–Kier alpha value is -2.53. The van der Waals surface area contributed by atoms with Gasteiger partial charge in [-0.05, 0) is 37.6 Å². The SMILES string of the molecule is C/C(=N\Nc1nc(C)cc(-c2ccccc2)n1)c1ccc(Br)cc1. The first kappa shape index (κ1) is 16.3. The van der Waals surface area contributed by atoms with Gasteiger partial charge in [-0.1, -0.05) is 58.4 Å². The van der Waals surface area contributed by atoms with Crippen molar-refractivity contribution in [3.63, 3.8) is 0 Å². The highest BCUT2D eigenvalue weighted by molar-refractivity contribution is 9.10. The van der Waals surface area contributed by atoms with Crippen LogP contribution >= 0.6 is 15.9 Å². The second-order valence-corrected chi connectivity index (χ2v) is 6.32. The molecule has 0 amide bonds. The predicted octanol–water partition coefficient (Wildman–Crippen LogP) is 5.05. The lowest BCUT2D eigenvalue weighted by Gasteiger charge is -2.07. The van der Waals surface area contributed by atoms with Crippen molar-refractivity contribution >= 4 is 27.6 Å². The number of nitrogens with one attached hydrogen (secondary N) is 1. The first-order valence-corrected chi connectivity index (χ1v) is 8.38. The van der Waals surface area contributed by atoms with Crippen LogP contribution in [-0.2, 0) is 0 Å². The van der Waals surface area contributed by atoms with Crippen molar-refractivity contribution in [2.24, 2.45) is 5.10 Å². The van der Waals surface area contributed by atoms with Crippen molar-refractivity contribution in [3.8, 4) is 11.3 Å². The lowest BCUT2D eigenvalue weighted by Crippen LogP contribution is -2.03. The molecular weight excluding hydrogens is 364 g/mol. The summed E-state index contributed by atoms with van der Waals surface area (Å²) in [5.41, 5.74) is 7.70. The summed E-state index contributed by atoms with van der Waals surface area (Å²) >= 11 is 3.43. The van der Waals surface area contributed by atoms with E-state index in [-0.39, 0.29) is 0 Å². The smallest absolute Gasteiger partial charge is 0.244 e. The topological polar surface area (TPSA) is 50.2 Å². The van der Waals surface area contributed by atoms with E-state index in [2.05, 4.69) is 36.4 Å². The number of anilines is 1. The van der Waals surface area contributed by atoms with E-state index in [1.165, 1.54) is 0 Å². The maximum absolute atomic E-state index is 4.55. The summed E-state index contributed by atoms with van der Waals surface area (Å²) < 4.78 is 1.04. The number of hydrogen-bond donors (Lipinski definition) is 1. The van der Waals surface area contributed by atoms with E-state index in [4.69, 9.17) is 0 Å². The molecule has 1 heterocycles. The first-order valence-electron chi connectivity index (χ1n) is 7.59.